The number of carbonyl (C=O) groups is 1. The van der Waals surface area contributed by atoms with Crippen LogP contribution in [0.15, 0.2) is 18.2 Å². The van der Waals surface area contributed by atoms with Crippen molar-refractivity contribution in [2.24, 2.45) is 0 Å². The molecular formula is C12H13NO3. The highest BCUT2D eigenvalue weighted by Crippen LogP contribution is 2.40. The number of nitrogens with zero attached hydrogens (tertiary/aromatic N) is 1. The largest absolute Gasteiger partial charge is 0.486 e. The topological polar surface area (TPSA) is 38.8 Å². The van der Waals surface area contributed by atoms with Gasteiger partial charge in [-0.15, -0.1) is 0 Å². The van der Waals surface area contributed by atoms with E-state index in [9.17, 15) is 4.79 Å². The van der Waals surface area contributed by atoms with E-state index in [1.807, 2.05) is 18.2 Å². The summed E-state index contributed by atoms with van der Waals surface area (Å²) >= 11 is 0. The molecule has 0 aliphatic carbocycles. The predicted molar refractivity (Wildman–Crippen MR) is 59.3 cm³/mol. The summed E-state index contributed by atoms with van der Waals surface area (Å²) in [6.07, 6.45) is 0.629. The Morgan fingerprint density at radius 1 is 1.19 bits per heavy atom. The van der Waals surface area contributed by atoms with Crippen LogP contribution in [0.3, 0.4) is 0 Å². The molecule has 0 bridgehead atoms. The monoisotopic (exact) mass is 219 g/mol. The molecule has 1 saturated heterocycles. The molecule has 16 heavy (non-hydrogen) atoms. The van der Waals surface area contributed by atoms with Crippen LogP contribution < -0.4 is 14.4 Å². The van der Waals surface area contributed by atoms with E-state index in [-0.39, 0.29) is 5.78 Å². The van der Waals surface area contributed by atoms with Crippen LogP contribution in [-0.2, 0) is 4.79 Å². The molecule has 1 fully saturated rings. The van der Waals surface area contributed by atoms with Crippen molar-refractivity contribution in [3.8, 4) is 11.5 Å². The van der Waals surface area contributed by atoms with Crippen LogP contribution in [0, 0.1) is 0 Å². The first kappa shape index (κ1) is 9.51. The molecule has 0 atom stereocenters. The summed E-state index contributed by atoms with van der Waals surface area (Å²) in [6.45, 7) is 2.43. The van der Waals surface area contributed by atoms with Gasteiger partial charge in [-0.25, -0.2) is 0 Å². The van der Waals surface area contributed by atoms with Crippen LogP contribution in [0.4, 0.5) is 5.69 Å². The summed E-state index contributed by atoms with van der Waals surface area (Å²) < 4.78 is 11.1. The van der Waals surface area contributed by atoms with Gasteiger partial charge in [0.1, 0.15) is 13.2 Å². The van der Waals surface area contributed by atoms with Crippen molar-refractivity contribution in [3.63, 3.8) is 0 Å². The Bertz CT molecular complexity index is 430. The predicted octanol–water partition coefficient (Wildman–Crippen LogP) is 1.24. The lowest BCUT2D eigenvalue weighted by atomic mass is 10.2. The summed E-state index contributed by atoms with van der Waals surface area (Å²) in [5.41, 5.74) is 0.975. The minimum absolute atomic E-state index is 0.286. The maximum absolute atomic E-state index is 11.3. The third-order valence-electron chi connectivity index (χ3n) is 2.91. The van der Waals surface area contributed by atoms with Crippen LogP contribution in [0.25, 0.3) is 0 Å². The first-order valence-electron chi connectivity index (χ1n) is 5.50. The molecule has 0 spiro atoms. The maximum atomic E-state index is 11.3. The molecule has 0 radical (unpaired) electrons. The van der Waals surface area contributed by atoms with E-state index in [2.05, 4.69) is 4.90 Å². The molecule has 0 unspecified atom stereocenters. The minimum atomic E-state index is 0.286. The first-order chi connectivity index (χ1) is 7.84. The Morgan fingerprint density at radius 2 is 2.06 bits per heavy atom. The fraction of sp³-hybridized carbons (Fsp3) is 0.417. The second-order valence-corrected chi connectivity index (χ2v) is 4.01. The number of ketones is 1. The Kier molecular flexibility index (Phi) is 2.20. The number of carbonyl (C=O) groups excluding carboxylic acids is 1. The smallest absolute Gasteiger partial charge is 0.184 e. The molecule has 2 aliphatic rings. The zero-order chi connectivity index (χ0) is 11.0. The average Bonchev–Trinajstić information content (AvgIpc) is 2.75. The molecule has 0 aromatic heterocycles. The quantitative estimate of drug-likeness (QED) is 0.712. The van der Waals surface area contributed by atoms with Gasteiger partial charge in [0.05, 0.1) is 12.2 Å². The summed E-state index contributed by atoms with van der Waals surface area (Å²) in [4.78, 5) is 13.3. The van der Waals surface area contributed by atoms with Crippen LogP contribution >= 0.6 is 0 Å². The van der Waals surface area contributed by atoms with Gasteiger partial charge >= 0.3 is 0 Å². The first-order valence-corrected chi connectivity index (χ1v) is 5.50. The molecule has 1 aromatic rings. The molecule has 2 heterocycles. The van der Waals surface area contributed by atoms with Crippen molar-refractivity contribution >= 4 is 11.5 Å². The maximum Gasteiger partial charge on any atom is 0.184 e. The van der Waals surface area contributed by atoms with Gasteiger partial charge in [0.2, 0.25) is 0 Å². The molecule has 84 valence electrons. The highest BCUT2D eigenvalue weighted by Gasteiger charge is 2.25. The molecule has 4 nitrogen and oxygen atoms in total. The van der Waals surface area contributed by atoms with Crippen molar-refractivity contribution in [1.29, 1.82) is 0 Å². The molecule has 0 saturated carbocycles. The molecular weight excluding hydrogens is 206 g/mol. The Hall–Kier alpha value is -1.71. The molecule has 0 amide bonds. The molecule has 1 aromatic carbocycles. The molecule has 2 aliphatic heterocycles. The van der Waals surface area contributed by atoms with E-state index in [0.29, 0.717) is 26.2 Å². The van der Waals surface area contributed by atoms with Gasteiger partial charge in [-0.2, -0.15) is 0 Å². The minimum Gasteiger partial charge on any atom is -0.486 e. The van der Waals surface area contributed by atoms with Crippen molar-refractivity contribution in [3.05, 3.63) is 18.2 Å². The van der Waals surface area contributed by atoms with Crippen LogP contribution in [0.1, 0.15) is 6.42 Å². The normalized spacial score (nSPS) is 19.0. The standard InChI is InChI=1S/C12H13NO3/c14-9-4-5-13(8-9)10-2-1-3-11-12(10)16-7-6-15-11/h1-3H,4-8H2. The van der Waals surface area contributed by atoms with Crippen LogP contribution in [0.2, 0.25) is 0 Å². The zero-order valence-electron chi connectivity index (χ0n) is 8.94. The second-order valence-electron chi connectivity index (χ2n) is 4.01. The number of hydrogen-bond donors (Lipinski definition) is 0. The van der Waals surface area contributed by atoms with Gasteiger partial charge in [-0.1, -0.05) is 6.07 Å². The Labute approximate surface area is 93.8 Å². The third kappa shape index (κ3) is 1.50. The van der Waals surface area contributed by atoms with Gasteiger partial charge < -0.3 is 14.4 Å². The summed E-state index contributed by atoms with van der Waals surface area (Å²) in [7, 11) is 0. The lowest BCUT2D eigenvalue weighted by molar-refractivity contribution is -0.116. The van der Waals surface area contributed by atoms with Gasteiger partial charge in [-0.05, 0) is 12.1 Å². The van der Waals surface area contributed by atoms with E-state index < -0.39 is 0 Å². The zero-order valence-corrected chi connectivity index (χ0v) is 8.94. The highest BCUT2D eigenvalue weighted by atomic mass is 16.6. The van der Waals surface area contributed by atoms with E-state index in [4.69, 9.17) is 9.47 Å². The fourth-order valence-electron chi connectivity index (χ4n) is 2.14. The summed E-state index contributed by atoms with van der Waals surface area (Å²) in [5, 5.41) is 0. The van der Waals surface area contributed by atoms with Crippen LogP contribution in [0.5, 0.6) is 11.5 Å². The van der Waals surface area contributed by atoms with E-state index >= 15 is 0 Å². The SMILES string of the molecule is O=C1CCN(c2cccc3c2OCCO3)C1. The van der Waals surface area contributed by atoms with Crippen LogP contribution in [-0.4, -0.2) is 32.1 Å². The average molecular weight is 219 g/mol. The van der Waals surface area contributed by atoms with Gasteiger partial charge in [-0.3, -0.25) is 4.79 Å². The number of hydrogen-bond acceptors (Lipinski definition) is 4. The number of anilines is 1. The van der Waals surface area contributed by atoms with E-state index in [0.717, 1.165) is 23.7 Å². The number of para-hydroxylation sites is 1. The molecule has 4 heteroatoms. The number of rotatable bonds is 1. The van der Waals surface area contributed by atoms with Gasteiger partial charge in [0, 0.05) is 13.0 Å². The third-order valence-corrected chi connectivity index (χ3v) is 2.91. The summed E-state index contributed by atoms with van der Waals surface area (Å²) in [6, 6.07) is 5.81. The molecule has 3 rings (SSSR count). The van der Waals surface area contributed by atoms with Crippen molar-refractivity contribution in [2.75, 3.05) is 31.2 Å². The lowest BCUT2D eigenvalue weighted by Crippen LogP contribution is -2.23. The van der Waals surface area contributed by atoms with E-state index in [1.165, 1.54) is 0 Å². The van der Waals surface area contributed by atoms with Gasteiger partial charge in [0.15, 0.2) is 17.3 Å². The Morgan fingerprint density at radius 3 is 2.88 bits per heavy atom. The lowest BCUT2D eigenvalue weighted by Gasteiger charge is -2.25. The van der Waals surface area contributed by atoms with Gasteiger partial charge in [0.25, 0.3) is 0 Å². The van der Waals surface area contributed by atoms with Crippen molar-refractivity contribution < 1.29 is 14.3 Å². The van der Waals surface area contributed by atoms with Crippen molar-refractivity contribution in [1.82, 2.24) is 0 Å². The van der Waals surface area contributed by atoms with Crippen molar-refractivity contribution in [2.45, 2.75) is 6.42 Å². The Balaban J connectivity index is 1.97. The number of Topliss-reactive ketones (excluding diaryl/α,β-unsaturated/α-hetero) is 1. The van der Waals surface area contributed by atoms with E-state index in [1.54, 1.807) is 0 Å². The number of fused-ring (bicyclic) bond motifs is 1. The summed E-state index contributed by atoms with van der Waals surface area (Å²) in [5.74, 6) is 1.85. The number of benzene rings is 1. The highest BCUT2D eigenvalue weighted by molar-refractivity contribution is 5.88. The second kappa shape index (κ2) is 3.70. The molecule has 0 N–H and O–H groups in total. The number of ether oxygens (including phenoxy) is 2. The fourth-order valence-corrected chi connectivity index (χ4v) is 2.14.